The first-order chi connectivity index (χ1) is 7.82. The van der Waals surface area contributed by atoms with Gasteiger partial charge in [-0.3, -0.25) is 0 Å². The van der Waals surface area contributed by atoms with Gasteiger partial charge in [0.2, 0.25) is 0 Å². The number of rotatable bonds is 4. The maximum atomic E-state index is 11.7. The molecule has 0 aromatic heterocycles. The molecule has 1 N–H and O–H groups in total. The number of para-hydroxylation sites is 1. The Morgan fingerprint density at radius 1 is 1.35 bits per heavy atom. The summed E-state index contributed by atoms with van der Waals surface area (Å²) >= 11 is 9.04. The van der Waals surface area contributed by atoms with Gasteiger partial charge in [0.25, 0.3) is 0 Å². The second-order valence-electron chi connectivity index (χ2n) is 3.18. The van der Waals surface area contributed by atoms with Crippen molar-refractivity contribution in [1.82, 2.24) is 0 Å². The van der Waals surface area contributed by atoms with Crippen molar-refractivity contribution in [3.05, 3.63) is 42.5 Å². The van der Waals surface area contributed by atoms with E-state index in [1.54, 1.807) is 24.3 Å². The lowest BCUT2D eigenvalue weighted by molar-refractivity contribution is -0.130. The second-order valence-corrected chi connectivity index (χ2v) is 7.58. The van der Waals surface area contributed by atoms with Crippen molar-refractivity contribution in [3.63, 3.8) is 0 Å². The SMILES string of the molecule is C=C(C(=O)Oc1ccccc1)C(Br)C(O)(Br)Br. The van der Waals surface area contributed by atoms with Crippen LogP contribution < -0.4 is 4.74 Å². The number of ether oxygens (including phenoxy) is 1. The normalized spacial score (nSPS) is 12.9. The van der Waals surface area contributed by atoms with E-state index in [0.717, 1.165) is 0 Å². The van der Waals surface area contributed by atoms with Crippen LogP contribution >= 0.6 is 47.8 Å². The highest BCUT2D eigenvalue weighted by molar-refractivity contribution is 9.26. The van der Waals surface area contributed by atoms with Crippen LogP contribution in [-0.2, 0) is 4.79 Å². The first-order valence-electron chi connectivity index (χ1n) is 4.52. The Balaban J connectivity index is 2.69. The van der Waals surface area contributed by atoms with E-state index in [-0.39, 0.29) is 5.57 Å². The highest BCUT2D eigenvalue weighted by atomic mass is 79.9. The summed E-state index contributed by atoms with van der Waals surface area (Å²) in [4.78, 5) is 11.0. The molecule has 92 valence electrons. The van der Waals surface area contributed by atoms with E-state index in [0.29, 0.717) is 5.75 Å². The lowest BCUT2D eigenvalue weighted by Gasteiger charge is -2.21. The molecule has 0 radical (unpaired) electrons. The van der Waals surface area contributed by atoms with Gasteiger partial charge in [0.05, 0.1) is 4.83 Å². The molecule has 17 heavy (non-hydrogen) atoms. The first-order valence-corrected chi connectivity index (χ1v) is 7.03. The van der Waals surface area contributed by atoms with Gasteiger partial charge in [-0.05, 0) is 44.0 Å². The fraction of sp³-hybridized carbons (Fsp3) is 0.182. The lowest BCUT2D eigenvalue weighted by Crippen LogP contribution is -2.30. The predicted octanol–water partition coefficient (Wildman–Crippen LogP) is 3.35. The molecule has 1 aromatic rings. The summed E-state index contributed by atoms with van der Waals surface area (Å²) in [6, 6.07) is 8.63. The van der Waals surface area contributed by atoms with Gasteiger partial charge < -0.3 is 9.84 Å². The van der Waals surface area contributed by atoms with Crippen molar-refractivity contribution in [2.75, 3.05) is 0 Å². The monoisotopic (exact) mass is 426 g/mol. The van der Waals surface area contributed by atoms with Crippen molar-refractivity contribution >= 4 is 53.8 Å². The molecule has 0 aliphatic rings. The summed E-state index contributed by atoms with van der Waals surface area (Å²) in [6.07, 6.45) is 0. The average molecular weight is 429 g/mol. The zero-order valence-electron chi connectivity index (χ0n) is 8.57. The van der Waals surface area contributed by atoms with Gasteiger partial charge >= 0.3 is 5.97 Å². The Kier molecular flexibility index (Phi) is 5.37. The van der Waals surface area contributed by atoms with Crippen LogP contribution in [-0.4, -0.2) is 19.3 Å². The van der Waals surface area contributed by atoms with Crippen LogP contribution in [0.4, 0.5) is 0 Å². The van der Waals surface area contributed by atoms with Crippen LogP contribution in [0.25, 0.3) is 0 Å². The van der Waals surface area contributed by atoms with Crippen molar-refractivity contribution in [2.24, 2.45) is 0 Å². The molecule has 1 atom stereocenters. The summed E-state index contributed by atoms with van der Waals surface area (Å²) in [5, 5.41) is 9.59. The molecule has 1 aromatic carbocycles. The van der Waals surface area contributed by atoms with E-state index in [9.17, 15) is 9.90 Å². The molecular weight excluding hydrogens is 420 g/mol. The zero-order valence-corrected chi connectivity index (χ0v) is 13.3. The van der Waals surface area contributed by atoms with Crippen LogP contribution in [0.2, 0.25) is 0 Å². The standard InChI is InChI=1S/C11H9Br3O3/c1-7(9(12)11(13,14)16)10(15)17-8-5-3-2-4-6-8/h2-6,9,16H,1H2. The van der Waals surface area contributed by atoms with Gasteiger partial charge in [-0.1, -0.05) is 40.7 Å². The highest BCUT2D eigenvalue weighted by Gasteiger charge is 2.34. The number of esters is 1. The van der Waals surface area contributed by atoms with Gasteiger partial charge in [0, 0.05) is 5.57 Å². The van der Waals surface area contributed by atoms with E-state index >= 15 is 0 Å². The van der Waals surface area contributed by atoms with Crippen LogP contribution in [0.5, 0.6) is 5.75 Å². The van der Waals surface area contributed by atoms with Crippen molar-refractivity contribution < 1.29 is 14.6 Å². The fourth-order valence-electron chi connectivity index (χ4n) is 0.974. The maximum Gasteiger partial charge on any atom is 0.340 e. The Morgan fingerprint density at radius 2 is 1.88 bits per heavy atom. The van der Waals surface area contributed by atoms with E-state index in [2.05, 4.69) is 54.4 Å². The topological polar surface area (TPSA) is 46.5 Å². The molecule has 0 saturated carbocycles. The van der Waals surface area contributed by atoms with E-state index in [1.807, 2.05) is 6.07 Å². The van der Waals surface area contributed by atoms with E-state index in [4.69, 9.17) is 4.74 Å². The third kappa shape index (κ3) is 4.54. The van der Waals surface area contributed by atoms with E-state index in [1.165, 1.54) is 0 Å². The smallest absolute Gasteiger partial charge is 0.340 e. The number of carbonyl (C=O) groups is 1. The van der Waals surface area contributed by atoms with Gasteiger partial charge in [-0.15, -0.1) is 0 Å². The molecule has 0 heterocycles. The Morgan fingerprint density at radius 3 is 2.35 bits per heavy atom. The molecule has 1 unspecified atom stereocenters. The summed E-state index contributed by atoms with van der Waals surface area (Å²) in [6.45, 7) is 3.58. The molecule has 6 heteroatoms. The van der Waals surface area contributed by atoms with Gasteiger partial charge in [0.15, 0.2) is 3.42 Å². The van der Waals surface area contributed by atoms with Gasteiger partial charge in [-0.2, -0.15) is 0 Å². The van der Waals surface area contributed by atoms with Crippen molar-refractivity contribution in [2.45, 2.75) is 8.25 Å². The minimum Gasteiger partial charge on any atom is -0.423 e. The molecule has 0 saturated heterocycles. The molecular formula is C11H9Br3O3. The number of carbonyl (C=O) groups excluding carboxylic acids is 1. The van der Waals surface area contributed by atoms with Crippen molar-refractivity contribution in [1.29, 1.82) is 0 Å². The van der Waals surface area contributed by atoms with Crippen LogP contribution in [0.3, 0.4) is 0 Å². The number of hydrogen-bond donors (Lipinski definition) is 1. The number of hydrogen-bond acceptors (Lipinski definition) is 3. The van der Waals surface area contributed by atoms with Crippen LogP contribution in [0.15, 0.2) is 42.5 Å². The third-order valence-electron chi connectivity index (χ3n) is 1.83. The van der Waals surface area contributed by atoms with Crippen LogP contribution in [0.1, 0.15) is 0 Å². The highest BCUT2D eigenvalue weighted by Crippen LogP contribution is 2.35. The summed E-state index contributed by atoms with van der Waals surface area (Å²) in [5.41, 5.74) is 0.0881. The average Bonchev–Trinajstić information content (AvgIpc) is 2.27. The van der Waals surface area contributed by atoms with Crippen molar-refractivity contribution in [3.8, 4) is 5.75 Å². The second kappa shape index (κ2) is 6.13. The number of halogens is 3. The number of aliphatic hydroxyl groups is 1. The summed E-state index contributed by atoms with van der Waals surface area (Å²) in [5.74, 6) is -0.193. The summed E-state index contributed by atoms with van der Waals surface area (Å²) in [7, 11) is 0. The molecule has 0 bridgehead atoms. The molecule has 0 amide bonds. The lowest BCUT2D eigenvalue weighted by atomic mass is 10.2. The van der Waals surface area contributed by atoms with Gasteiger partial charge in [0.1, 0.15) is 5.75 Å². The summed E-state index contributed by atoms with van der Waals surface area (Å²) < 4.78 is 3.62. The molecule has 0 aliphatic heterocycles. The molecule has 3 nitrogen and oxygen atoms in total. The Hall–Kier alpha value is -0.170. The Bertz CT molecular complexity index is 412. The number of alkyl halides is 3. The number of benzene rings is 1. The molecule has 0 spiro atoms. The maximum absolute atomic E-state index is 11.7. The van der Waals surface area contributed by atoms with E-state index < -0.39 is 14.2 Å². The zero-order chi connectivity index (χ0) is 13.1. The molecule has 0 aliphatic carbocycles. The first kappa shape index (κ1) is 14.9. The van der Waals surface area contributed by atoms with Crippen LogP contribution in [0, 0.1) is 0 Å². The van der Waals surface area contributed by atoms with Gasteiger partial charge in [-0.25, -0.2) is 4.79 Å². The quantitative estimate of drug-likeness (QED) is 0.346. The minimum absolute atomic E-state index is 0.0881. The Labute approximate surface area is 124 Å². The molecule has 1 rings (SSSR count). The predicted molar refractivity (Wildman–Crippen MR) is 76.7 cm³/mol. The molecule has 0 fully saturated rings. The minimum atomic E-state index is -1.45. The fourth-order valence-corrected chi connectivity index (χ4v) is 1.71. The third-order valence-corrected chi connectivity index (χ3v) is 5.19. The largest absolute Gasteiger partial charge is 0.423 e.